The van der Waals surface area contributed by atoms with E-state index in [1.807, 2.05) is 25.1 Å². The van der Waals surface area contributed by atoms with Gasteiger partial charge in [-0.3, -0.25) is 0 Å². The highest BCUT2D eigenvalue weighted by atomic mass is 79.9. The van der Waals surface area contributed by atoms with Crippen molar-refractivity contribution in [2.45, 2.75) is 13.5 Å². The molecule has 27 heavy (non-hydrogen) atoms. The lowest BCUT2D eigenvalue weighted by atomic mass is 10.0. The zero-order valence-corrected chi connectivity index (χ0v) is 16.8. The van der Waals surface area contributed by atoms with Crippen LogP contribution in [0.3, 0.4) is 0 Å². The van der Waals surface area contributed by atoms with Gasteiger partial charge in [-0.05, 0) is 52.7 Å². The van der Waals surface area contributed by atoms with Crippen molar-refractivity contribution in [2.75, 3.05) is 7.11 Å². The molecule has 1 N–H and O–H groups in total. The summed E-state index contributed by atoms with van der Waals surface area (Å²) in [5, 5.41) is 14.5. The Labute approximate surface area is 168 Å². The van der Waals surface area contributed by atoms with Gasteiger partial charge in [0.2, 0.25) is 0 Å². The fraction of sp³-hybridized carbons (Fsp3) is 0.158. The molecule has 0 atom stereocenters. The summed E-state index contributed by atoms with van der Waals surface area (Å²) < 4.78 is 13.5. The van der Waals surface area contributed by atoms with Crippen molar-refractivity contribution in [3.8, 4) is 28.4 Å². The molecule has 0 fully saturated rings. The summed E-state index contributed by atoms with van der Waals surface area (Å²) in [5.74, 6) is 0.114. The molecule has 1 aliphatic rings. The summed E-state index contributed by atoms with van der Waals surface area (Å²) in [4.78, 5) is 11.7. The molecule has 2 heterocycles. The molecule has 2 aromatic carbocycles. The van der Waals surface area contributed by atoms with Gasteiger partial charge in [0, 0.05) is 16.7 Å². The third-order valence-electron chi connectivity index (χ3n) is 4.34. The van der Waals surface area contributed by atoms with Crippen LogP contribution in [0, 0.1) is 6.92 Å². The largest absolute Gasteiger partial charge is 0.495 e. The van der Waals surface area contributed by atoms with Crippen LogP contribution >= 0.6 is 27.5 Å². The number of nitrogens with zero attached hydrogens (tertiary/aromatic N) is 2. The van der Waals surface area contributed by atoms with Gasteiger partial charge in [0.1, 0.15) is 18.1 Å². The second-order valence-corrected chi connectivity index (χ2v) is 7.44. The first kappa shape index (κ1) is 17.9. The summed E-state index contributed by atoms with van der Waals surface area (Å²) in [6, 6.07) is 9.09. The summed E-state index contributed by atoms with van der Waals surface area (Å²) >= 11 is 9.69. The van der Waals surface area contributed by atoms with Crippen molar-refractivity contribution in [2.24, 2.45) is 0 Å². The monoisotopic (exact) mass is 448 g/mol. The van der Waals surface area contributed by atoms with E-state index in [1.54, 1.807) is 23.9 Å². The van der Waals surface area contributed by atoms with Crippen LogP contribution in [0.15, 0.2) is 34.8 Å². The number of aromatic carboxylic acids is 1. The molecule has 0 amide bonds. The lowest BCUT2D eigenvalue weighted by molar-refractivity contribution is 0.0687. The molecule has 0 aliphatic carbocycles. The number of hydrogen-bond acceptors (Lipinski definition) is 4. The third-order valence-corrected chi connectivity index (χ3v) is 5.18. The number of carboxylic acids is 1. The minimum Gasteiger partial charge on any atom is -0.495 e. The number of carbonyl (C=O) groups is 1. The first-order valence-electron chi connectivity index (χ1n) is 8.02. The van der Waals surface area contributed by atoms with Gasteiger partial charge in [0.15, 0.2) is 5.69 Å². The van der Waals surface area contributed by atoms with Crippen molar-refractivity contribution in [1.82, 2.24) is 9.78 Å². The van der Waals surface area contributed by atoms with Gasteiger partial charge in [0.25, 0.3) is 0 Å². The molecule has 138 valence electrons. The zero-order chi connectivity index (χ0) is 19.3. The van der Waals surface area contributed by atoms with E-state index in [0.29, 0.717) is 33.5 Å². The smallest absolute Gasteiger partial charge is 0.356 e. The Kier molecular flexibility index (Phi) is 4.36. The van der Waals surface area contributed by atoms with Gasteiger partial charge in [-0.2, -0.15) is 5.10 Å². The average molecular weight is 450 g/mol. The number of aryl methyl sites for hydroxylation is 1. The fourth-order valence-corrected chi connectivity index (χ4v) is 4.00. The Balaban J connectivity index is 2.03. The van der Waals surface area contributed by atoms with Crippen molar-refractivity contribution >= 4 is 33.5 Å². The normalized spacial score (nSPS) is 12.1. The molecule has 3 aromatic rings. The van der Waals surface area contributed by atoms with E-state index < -0.39 is 5.97 Å². The van der Waals surface area contributed by atoms with E-state index in [0.717, 1.165) is 15.6 Å². The van der Waals surface area contributed by atoms with Crippen LogP contribution in [0.25, 0.3) is 16.9 Å². The standard InChI is InChI=1S/C19H14BrClN2O4/c1-9-3-10(21)5-11(4-9)23-18-12-6-14(20)16(26-2)7-15(12)27-8-13(18)17(22-23)19(24)25/h3-7H,8H2,1-2H3,(H,24,25). The average Bonchev–Trinajstić information content (AvgIpc) is 3.00. The van der Waals surface area contributed by atoms with E-state index in [9.17, 15) is 9.90 Å². The van der Waals surface area contributed by atoms with E-state index in [-0.39, 0.29) is 12.3 Å². The molecule has 0 saturated heterocycles. The van der Waals surface area contributed by atoms with Gasteiger partial charge in [0.05, 0.1) is 28.5 Å². The minimum absolute atomic E-state index is 0.0415. The molecular formula is C19H14BrClN2O4. The predicted octanol–water partition coefficient (Wildman–Crippen LogP) is 4.86. The van der Waals surface area contributed by atoms with Crippen LogP contribution in [-0.4, -0.2) is 28.0 Å². The summed E-state index contributed by atoms with van der Waals surface area (Å²) in [5.41, 5.74) is 3.50. The van der Waals surface area contributed by atoms with Gasteiger partial charge in [-0.15, -0.1) is 0 Å². The molecule has 6 nitrogen and oxygen atoms in total. The van der Waals surface area contributed by atoms with E-state index in [1.165, 1.54) is 0 Å². The highest BCUT2D eigenvalue weighted by molar-refractivity contribution is 9.10. The maximum atomic E-state index is 11.7. The molecule has 0 bridgehead atoms. The third kappa shape index (κ3) is 2.96. The Morgan fingerprint density at radius 1 is 1.33 bits per heavy atom. The summed E-state index contributed by atoms with van der Waals surface area (Å²) in [7, 11) is 1.57. The number of halogens is 2. The number of fused-ring (bicyclic) bond motifs is 3. The van der Waals surface area contributed by atoms with Gasteiger partial charge >= 0.3 is 5.97 Å². The molecule has 0 unspecified atom stereocenters. The molecule has 0 spiro atoms. The van der Waals surface area contributed by atoms with E-state index in [4.69, 9.17) is 21.1 Å². The van der Waals surface area contributed by atoms with Gasteiger partial charge in [-0.25, -0.2) is 9.48 Å². The van der Waals surface area contributed by atoms with Crippen molar-refractivity contribution in [1.29, 1.82) is 0 Å². The van der Waals surface area contributed by atoms with Crippen LogP contribution in [0.5, 0.6) is 11.5 Å². The fourth-order valence-electron chi connectivity index (χ4n) is 3.21. The minimum atomic E-state index is -1.11. The molecule has 1 aromatic heterocycles. The van der Waals surface area contributed by atoms with Crippen molar-refractivity contribution in [3.05, 3.63) is 56.6 Å². The van der Waals surface area contributed by atoms with Crippen molar-refractivity contribution in [3.63, 3.8) is 0 Å². The molecule has 8 heteroatoms. The highest BCUT2D eigenvalue weighted by Gasteiger charge is 2.31. The molecule has 0 radical (unpaired) electrons. The van der Waals surface area contributed by atoms with E-state index >= 15 is 0 Å². The Morgan fingerprint density at radius 2 is 2.11 bits per heavy atom. The molecule has 1 aliphatic heterocycles. The molecule has 0 saturated carbocycles. The topological polar surface area (TPSA) is 73.6 Å². The molecular weight excluding hydrogens is 436 g/mol. The van der Waals surface area contributed by atoms with Gasteiger partial charge < -0.3 is 14.6 Å². The van der Waals surface area contributed by atoms with Crippen LogP contribution in [-0.2, 0) is 6.61 Å². The number of hydrogen-bond donors (Lipinski definition) is 1. The lowest BCUT2D eigenvalue weighted by Gasteiger charge is -2.21. The first-order valence-corrected chi connectivity index (χ1v) is 9.19. The maximum absolute atomic E-state index is 11.7. The highest BCUT2D eigenvalue weighted by Crippen LogP contribution is 2.44. The lowest BCUT2D eigenvalue weighted by Crippen LogP contribution is -2.10. The van der Waals surface area contributed by atoms with Crippen LogP contribution in [0.4, 0.5) is 0 Å². The predicted molar refractivity (Wildman–Crippen MR) is 104 cm³/mol. The number of methoxy groups -OCH3 is 1. The van der Waals surface area contributed by atoms with Gasteiger partial charge in [-0.1, -0.05) is 11.6 Å². The van der Waals surface area contributed by atoms with Crippen LogP contribution < -0.4 is 9.47 Å². The Bertz CT molecular complexity index is 1070. The van der Waals surface area contributed by atoms with Crippen molar-refractivity contribution < 1.29 is 19.4 Å². The van der Waals surface area contributed by atoms with Crippen LogP contribution in [0.1, 0.15) is 21.6 Å². The maximum Gasteiger partial charge on any atom is 0.356 e. The van der Waals surface area contributed by atoms with Crippen LogP contribution in [0.2, 0.25) is 5.02 Å². The summed E-state index contributed by atoms with van der Waals surface area (Å²) in [6.07, 6.45) is 0. The quantitative estimate of drug-likeness (QED) is 0.618. The zero-order valence-electron chi connectivity index (χ0n) is 14.4. The number of aromatic nitrogens is 2. The number of benzene rings is 2. The SMILES string of the molecule is COc1cc2c(cc1Br)-c1c(c(C(=O)O)nn1-c1cc(C)cc(Cl)c1)CO2. The summed E-state index contributed by atoms with van der Waals surface area (Å²) in [6.45, 7) is 2.02. The Hall–Kier alpha value is -2.51. The Morgan fingerprint density at radius 3 is 2.78 bits per heavy atom. The van der Waals surface area contributed by atoms with E-state index in [2.05, 4.69) is 21.0 Å². The first-order chi connectivity index (χ1) is 12.9. The second-order valence-electron chi connectivity index (χ2n) is 6.15. The number of carboxylic acid groups (broad SMARTS) is 1. The second kappa shape index (κ2) is 6.58. The molecule has 4 rings (SSSR count). The number of ether oxygens (including phenoxy) is 2. The number of rotatable bonds is 3.